The maximum absolute atomic E-state index is 12.4. The molecule has 0 atom stereocenters. The van der Waals surface area contributed by atoms with Crippen molar-refractivity contribution >= 4 is 18.0 Å². The van der Waals surface area contributed by atoms with E-state index in [2.05, 4.69) is 10.1 Å². The molecule has 6 nitrogen and oxygen atoms in total. The topological polar surface area (TPSA) is 61.9 Å². The summed E-state index contributed by atoms with van der Waals surface area (Å²) in [6.07, 6.45) is 2.78. The maximum atomic E-state index is 12.4. The fourth-order valence-electron chi connectivity index (χ4n) is 2.48. The molecule has 0 radical (unpaired) electrons. The Morgan fingerprint density at radius 2 is 1.84 bits per heavy atom. The fraction of sp³-hybridized carbons (Fsp3) is 0.412. The minimum absolute atomic E-state index is 0.0163. The van der Waals surface area contributed by atoms with E-state index in [4.69, 9.17) is 0 Å². The summed E-state index contributed by atoms with van der Waals surface area (Å²) in [4.78, 5) is 27.2. The number of amides is 3. The van der Waals surface area contributed by atoms with Crippen LogP contribution in [0.4, 0.5) is 13.6 Å². The van der Waals surface area contributed by atoms with Crippen molar-refractivity contribution in [1.29, 1.82) is 0 Å². The SMILES string of the molecule is CCNC(=O)N1CCN(C(=O)/C=C/c2ccccc2OC(F)F)CC1. The fourth-order valence-corrected chi connectivity index (χ4v) is 2.48. The second-order valence-electron chi connectivity index (χ2n) is 5.40. The van der Waals surface area contributed by atoms with Gasteiger partial charge < -0.3 is 19.9 Å². The number of hydrogen-bond acceptors (Lipinski definition) is 3. The van der Waals surface area contributed by atoms with Crippen LogP contribution in [0.2, 0.25) is 0 Å². The first-order valence-corrected chi connectivity index (χ1v) is 8.05. The van der Waals surface area contributed by atoms with Crippen molar-refractivity contribution in [3.63, 3.8) is 0 Å². The van der Waals surface area contributed by atoms with Crippen LogP contribution in [0.3, 0.4) is 0 Å². The average Bonchev–Trinajstić information content (AvgIpc) is 2.60. The lowest BCUT2D eigenvalue weighted by atomic mass is 10.2. The van der Waals surface area contributed by atoms with Gasteiger partial charge in [0.2, 0.25) is 5.91 Å². The summed E-state index contributed by atoms with van der Waals surface area (Å²) in [5.74, 6) is -0.218. The Morgan fingerprint density at radius 3 is 2.48 bits per heavy atom. The largest absolute Gasteiger partial charge is 0.434 e. The number of piperazine rings is 1. The highest BCUT2D eigenvalue weighted by molar-refractivity contribution is 5.92. The first-order chi connectivity index (χ1) is 12.0. The summed E-state index contributed by atoms with van der Waals surface area (Å²) in [7, 11) is 0. The highest BCUT2D eigenvalue weighted by atomic mass is 19.3. The molecule has 1 aromatic rings. The van der Waals surface area contributed by atoms with E-state index >= 15 is 0 Å². The van der Waals surface area contributed by atoms with Gasteiger partial charge in [-0.3, -0.25) is 4.79 Å². The summed E-state index contributed by atoms with van der Waals surface area (Å²) in [6, 6.07) is 6.13. The molecule has 1 aliphatic rings. The van der Waals surface area contributed by atoms with Gasteiger partial charge >= 0.3 is 12.6 Å². The molecule has 1 N–H and O–H groups in total. The standard InChI is InChI=1S/C17H21F2N3O3/c1-2-20-17(24)22-11-9-21(10-12-22)15(23)8-7-13-5-3-4-6-14(13)25-16(18)19/h3-8,16H,2,9-12H2,1H3,(H,20,24)/b8-7+. The average molecular weight is 353 g/mol. The van der Waals surface area contributed by atoms with Crippen molar-refractivity contribution < 1.29 is 23.1 Å². The van der Waals surface area contributed by atoms with E-state index < -0.39 is 6.61 Å². The molecule has 136 valence electrons. The summed E-state index contributed by atoms with van der Waals surface area (Å²) in [6.45, 7) is 1.24. The number of halogens is 2. The molecule has 0 aromatic heterocycles. The molecular formula is C17H21F2N3O3. The minimum Gasteiger partial charge on any atom is -0.434 e. The van der Waals surface area contributed by atoms with Crippen molar-refractivity contribution in [1.82, 2.24) is 15.1 Å². The second-order valence-corrected chi connectivity index (χ2v) is 5.40. The smallest absolute Gasteiger partial charge is 0.387 e. The van der Waals surface area contributed by atoms with Crippen LogP contribution in [-0.4, -0.2) is 61.1 Å². The van der Waals surface area contributed by atoms with Crippen LogP contribution in [0.1, 0.15) is 12.5 Å². The van der Waals surface area contributed by atoms with E-state index in [1.807, 2.05) is 6.92 Å². The van der Waals surface area contributed by atoms with Gasteiger partial charge in [-0.25, -0.2) is 4.79 Å². The van der Waals surface area contributed by atoms with E-state index in [1.54, 1.807) is 28.0 Å². The number of carbonyl (C=O) groups excluding carboxylic acids is 2. The van der Waals surface area contributed by atoms with Gasteiger partial charge in [0.05, 0.1) is 0 Å². The molecule has 1 aliphatic heterocycles. The van der Waals surface area contributed by atoms with Gasteiger partial charge in [-0.15, -0.1) is 0 Å². The summed E-state index contributed by atoms with van der Waals surface area (Å²) in [5, 5.41) is 2.72. The molecule has 25 heavy (non-hydrogen) atoms. The van der Waals surface area contributed by atoms with Crippen LogP contribution in [0.5, 0.6) is 5.75 Å². The van der Waals surface area contributed by atoms with E-state index in [0.717, 1.165) is 0 Å². The molecule has 1 saturated heterocycles. The Balaban J connectivity index is 1.93. The van der Waals surface area contributed by atoms with Crippen LogP contribution in [0, 0.1) is 0 Å². The molecule has 2 rings (SSSR count). The molecule has 0 bridgehead atoms. The van der Waals surface area contributed by atoms with Crippen LogP contribution in [-0.2, 0) is 4.79 Å². The number of nitrogens with zero attached hydrogens (tertiary/aromatic N) is 2. The number of para-hydroxylation sites is 1. The lowest BCUT2D eigenvalue weighted by Gasteiger charge is -2.34. The van der Waals surface area contributed by atoms with Gasteiger partial charge in [-0.1, -0.05) is 18.2 Å². The lowest BCUT2D eigenvalue weighted by Crippen LogP contribution is -2.52. The normalized spacial score (nSPS) is 14.9. The number of alkyl halides is 2. The Bertz CT molecular complexity index is 629. The summed E-state index contributed by atoms with van der Waals surface area (Å²) < 4.78 is 29.2. The quantitative estimate of drug-likeness (QED) is 0.826. The number of benzene rings is 1. The number of ether oxygens (including phenoxy) is 1. The van der Waals surface area contributed by atoms with Gasteiger partial charge in [-0.2, -0.15) is 8.78 Å². The molecular weight excluding hydrogens is 332 g/mol. The number of hydrogen-bond donors (Lipinski definition) is 1. The van der Waals surface area contributed by atoms with Gasteiger partial charge in [0.1, 0.15) is 5.75 Å². The van der Waals surface area contributed by atoms with Gasteiger partial charge in [0.15, 0.2) is 0 Å². The highest BCUT2D eigenvalue weighted by Gasteiger charge is 2.22. The van der Waals surface area contributed by atoms with Crippen molar-refractivity contribution in [2.24, 2.45) is 0 Å². The predicted octanol–water partition coefficient (Wildman–Crippen LogP) is 2.17. The minimum atomic E-state index is -2.92. The molecule has 1 fully saturated rings. The molecule has 0 spiro atoms. The Kier molecular flexibility index (Phi) is 6.73. The van der Waals surface area contributed by atoms with Crippen molar-refractivity contribution in [2.45, 2.75) is 13.5 Å². The van der Waals surface area contributed by atoms with E-state index in [-0.39, 0.29) is 17.7 Å². The van der Waals surface area contributed by atoms with E-state index in [1.165, 1.54) is 18.2 Å². The van der Waals surface area contributed by atoms with Crippen LogP contribution in [0.15, 0.2) is 30.3 Å². The van der Waals surface area contributed by atoms with Crippen molar-refractivity contribution in [3.05, 3.63) is 35.9 Å². The predicted molar refractivity (Wildman–Crippen MR) is 89.3 cm³/mol. The summed E-state index contributed by atoms with van der Waals surface area (Å²) in [5.41, 5.74) is 0.400. The third kappa shape index (κ3) is 5.44. The second kappa shape index (κ2) is 9.00. The van der Waals surface area contributed by atoms with Crippen LogP contribution in [0.25, 0.3) is 6.08 Å². The van der Waals surface area contributed by atoms with Crippen LogP contribution >= 0.6 is 0 Å². The number of rotatable bonds is 5. The molecule has 0 saturated carbocycles. The Labute approximate surface area is 145 Å². The Morgan fingerprint density at radius 1 is 1.20 bits per heavy atom. The molecule has 0 unspecified atom stereocenters. The lowest BCUT2D eigenvalue weighted by molar-refractivity contribution is -0.127. The zero-order valence-corrected chi connectivity index (χ0v) is 14.0. The Hall–Kier alpha value is -2.64. The molecule has 8 heteroatoms. The van der Waals surface area contributed by atoms with Gasteiger partial charge in [0, 0.05) is 44.4 Å². The maximum Gasteiger partial charge on any atom is 0.387 e. The first kappa shape index (κ1) is 18.7. The van der Waals surface area contributed by atoms with E-state index in [0.29, 0.717) is 38.3 Å². The zero-order valence-electron chi connectivity index (χ0n) is 14.0. The first-order valence-electron chi connectivity index (χ1n) is 8.05. The van der Waals surface area contributed by atoms with Gasteiger partial charge in [-0.05, 0) is 19.1 Å². The zero-order chi connectivity index (χ0) is 18.2. The van der Waals surface area contributed by atoms with Crippen LogP contribution < -0.4 is 10.1 Å². The van der Waals surface area contributed by atoms with Gasteiger partial charge in [0.25, 0.3) is 0 Å². The molecule has 1 aromatic carbocycles. The monoisotopic (exact) mass is 353 g/mol. The molecule has 0 aliphatic carbocycles. The summed E-state index contributed by atoms with van der Waals surface area (Å²) >= 11 is 0. The van der Waals surface area contributed by atoms with Crippen molar-refractivity contribution in [3.8, 4) is 5.75 Å². The third-order valence-corrected chi connectivity index (χ3v) is 3.75. The third-order valence-electron chi connectivity index (χ3n) is 3.75. The number of urea groups is 1. The number of carbonyl (C=O) groups is 2. The van der Waals surface area contributed by atoms with Crippen molar-refractivity contribution in [2.75, 3.05) is 32.7 Å². The number of nitrogens with one attached hydrogen (secondary N) is 1. The highest BCUT2D eigenvalue weighted by Crippen LogP contribution is 2.21. The van der Waals surface area contributed by atoms with E-state index in [9.17, 15) is 18.4 Å². The molecule has 3 amide bonds. The molecule has 1 heterocycles.